The van der Waals surface area contributed by atoms with Gasteiger partial charge in [-0.2, -0.15) is 0 Å². The Bertz CT molecular complexity index is 1120. The van der Waals surface area contributed by atoms with Crippen molar-refractivity contribution in [3.05, 3.63) is 70.8 Å². The smallest absolute Gasteiger partial charge is 0.131 e. The van der Waals surface area contributed by atoms with Gasteiger partial charge in [-0.15, -0.1) is 49.6 Å². The minimum Gasteiger partial charge on any atom is -0.346 e. The minimum absolute atomic E-state index is 0. The maximum absolute atomic E-state index is 4.63. The van der Waals surface area contributed by atoms with Crippen LogP contribution in [0.5, 0.6) is 0 Å². The molecule has 6 nitrogen and oxygen atoms in total. The molecule has 4 atom stereocenters. The maximum atomic E-state index is 4.63. The molecule has 10 heteroatoms. The number of nitrogens with zero attached hydrogens (tertiary/aromatic N) is 2. The SMILES string of the molecule is C[C@@H]1CN[C@H](c2nc(C#Cc3ccc(C#Cc4c[nH]c([C@@H]5C[C@H](C)CN5)n4)cc3)c[nH]2)C1.Cl.Cl.Cl.Cl. The van der Waals surface area contributed by atoms with Crippen LogP contribution in [-0.4, -0.2) is 33.0 Å². The van der Waals surface area contributed by atoms with Gasteiger partial charge in [0.05, 0.1) is 12.1 Å². The largest absolute Gasteiger partial charge is 0.346 e. The minimum atomic E-state index is 0. The van der Waals surface area contributed by atoms with Crippen LogP contribution in [-0.2, 0) is 0 Å². The van der Waals surface area contributed by atoms with Crippen LogP contribution in [0.4, 0.5) is 0 Å². The summed E-state index contributed by atoms with van der Waals surface area (Å²) >= 11 is 0. The third-order valence-corrected chi connectivity index (χ3v) is 6.11. The Kier molecular flexibility index (Phi) is 12.9. The Hall–Kier alpha value is -2.16. The van der Waals surface area contributed by atoms with Crippen LogP contribution >= 0.6 is 49.6 Å². The zero-order valence-corrected chi connectivity index (χ0v) is 23.4. The molecule has 2 aliphatic rings. The maximum Gasteiger partial charge on any atom is 0.131 e. The highest BCUT2D eigenvalue weighted by molar-refractivity contribution is 5.86. The van der Waals surface area contributed by atoms with Gasteiger partial charge in [0.25, 0.3) is 0 Å². The van der Waals surface area contributed by atoms with Crippen LogP contribution in [0.1, 0.15) is 72.9 Å². The van der Waals surface area contributed by atoms with Gasteiger partial charge in [-0.3, -0.25) is 0 Å². The van der Waals surface area contributed by atoms with Crippen LogP contribution < -0.4 is 10.6 Å². The summed E-state index contributed by atoms with van der Waals surface area (Å²) in [6, 6.07) is 8.58. The van der Waals surface area contributed by atoms with Gasteiger partial charge in [-0.1, -0.05) is 25.7 Å². The van der Waals surface area contributed by atoms with Gasteiger partial charge in [-0.25, -0.2) is 9.97 Å². The summed E-state index contributed by atoms with van der Waals surface area (Å²) < 4.78 is 0. The first-order valence-electron chi connectivity index (χ1n) is 11.3. The van der Waals surface area contributed by atoms with Gasteiger partial charge in [0.2, 0.25) is 0 Å². The number of rotatable bonds is 2. The third-order valence-electron chi connectivity index (χ3n) is 6.11. The number of aromatic amines is 2. The van der Waals surface area contributed by atoms with E-state index in [0.717, 1.165) is 60.1 Å². The molecule has 0 unspecified atom stereocenters. The van der Waals surface area contributed by atoms with E-state index in [9.17, 15) is 0 Å². The normalized spacial score (nSPS) is 21.8. The van der Waals surface area contributed by atoms with Crippen LogP contribution in [0.2, 0.25) is 0 Å². The Morgan fingerprint density at radius 2 is 1.03 bits per heavy atom. The van der Waals surface area contributed by atoms with Crippen molar-refractivity contribution in [3.8, 4) is 23.7 Å². The van der Waals surface area contributed by atoms with Gasteiger partial charge in [0.15, 0.2) is 0 Å². The van der Waals surface area contributed by atoms with Crippen molar-refractivity contribution in [3.63, 3.8) is 0 Å². The molecule has 2 saturated heterocycles. The predicted molar refractivity (Wildman–Crippen MR) is 154 cm³/mol. The van der Waals surface area contributed by atoms with E-state index in [1.807, 2.05) is 36.7 Å². The zero-order chi connectivity index (χ0) is 21.9. The number of nitrogens with one attached hydrogen (secondary N) is 4. The van der Waals surface area contributed by atoms with Crippen LogP contribution in [0.15, 0.2) is 36.7 Å². The van der Waals surface area contributed by atoms with Crippen LogP contribution in [0, 0.1) is 35.5 Å². The number of hydrogen-bond acceptors (Lipinski definition) is 4. The van der Waals surface area contributed by atoms with E-state index in [1.54, 1.807) is 0 Å². The van der Waals surface area contributed by atoms with Crippen molar-refractivity contribution in [2.24, 2.45) is 11.8 Å². The summed E-state index contributed by atoms with van der Waals surface area (Å²) in [5.41, 5.74) is 3.42. The fourth-order valence-corrected chi connectivity index (χ4v) is 4.31. The molecular weight excluding hydrogens is 538 g/mol. The molecule has 0 saturated carbocycles. The Morgan fingerprint density at radius 3 is 1.36 bits per heavy atom. The first-order valence-corrected chi connectivity index (χ1v) is 11.3. The van der Waals surface area contributed by atoms with E-state index in [0.29, 0.717) is 23.9 Å². The molecule has 2 fully saturated rings. The number of hydrogen-bond donors (Lipinski definition) is 4. The highest BCUT2D eigenvalue weighted by Crippen LogP contribution is 2.25. The lowest BCUT2D eigenvalue weighted by Crippen LogP contribution is -2.14. The Morgan fingerprint density at radius 1 is 0.639 bits per heavy atom. The molecule has 0 aliphatic carbocycles. The first kappa shape index (κ1) is 31.9. The van der Waals surface area contributed by atoms with Gasteiger partial charge < -0.3 is 20.6 Å². The van der Waals surface area contributed by atoms with E-state index in [1.165, 1.54) is 0 Å². The molecule has 1 aromatic carbocycles. The summed E-state index contributed by atoms with van der Waals surface area (Å²) in [6.07, 6.45) is 5.98. The monoisotopic (exact) mass is 568 g/mol. The van der Waals surface area contributed by atoms with Crippen molar-refractivity contribution >= 4 is 49.6 Å². The van der Waals surface area contributed by atoms with E-state index < -0.39 is 0 Å². The van der Waals surface area contributed by atoms with E-state index >= 15 is 0 Å². The lowest BCUT2D eigenvalue weighted by molar-refractivity contribution is 0.587. The molecule has 0 radical (unpaired) electrons. The summed E-state index contributed by atoms with van der Waals surface area (Å²) in [4.78, 5) is 15.8. The van der Waals surface area contributed by atoms with Crippen molar-refractivity contribution in [1.82, 2.24) is 30.6 Å². The Labute approximate surface area is 237 Å². The second-order valence-corrected chi connectivity index (χ2v) is 9.02. The summed E-state index contributed by atoms with van der Waals surface area (Å²) in [7, 11) is 0. The van der Waals surface area contributed by atoms with Gasteiger partial charge in [-0.05, 0) is 73.9 Å². The van der Waals surface area contributed by atoms with Gasteiger partial charge >= 0.3 is 0 Å². The molecule has 0 bridgehead atoms. The van der Waals surface area contributed by atoms with Crippen molar-refractivity contribution in [1.29, 1.82) is 0 Å². The zero-order valence-electron chi connectivity index (χ0n) is 20.1. The molecule has 2 aliphatic heterocycles. The number of halogens is 4. The number of H-pyrrole nitrogens is 2. The topological polar surface area (TPSA) is 81.4 Å². The van der Waals surface area contributed by atoms with Gasteiger partial charge in [0, 0.05) is 23.5 Å². The van der Waals surface area contributed by atoms with E-state index in [-0.39, 0.29) is 49.6 Å². The van der Waals surface area contributed by atoms with Crippen LogP contribution in [0.3, 0.4) is 0 Å². The fourth-order valence-electron chi connectivity index (χ4n) is 4.31. The molecule has 3 aromatic rings. The van der Waals surface area contributed by atoms with Crippen molar-refractivity contribution in [2.45, 2.75) is 38.8 Å². The lowest BCUT2D eigenvalue weighted by Gasteiger charge is -2.04. The second kappa shape index (κ2) is 14.5. The molecule has 0 spiro atoms. The fraction of sp³-hybridized carbons (Fsp3) is 0.385. The molecule has 4 heterocycles. The Balaban J connectivity index is 0.00000162. The average molecular weight is 570 g/mol. The van der Waals surface area contributed by atoms with E-state index in [2.05, 4.69) is 68.1 Å². The highest BCUT2D eigenvalue weighted by atomic mass is 35.5. The number of imidazole rings is 2. The van der Waals surface area contributed by atoms with Gasteiger partial charge in [0.1, 0.15) is 23.0 Å². The molecule has 194 valence electrons. The quantitative estimate of drug-likeness (QED) is 0.329. The first-order chi connectivity index (χ1) is 15.6. The van der Waals surface area contributed by atoms with Crippen molar-refractivity contribution < 1.29 is 0 Å². The van der Waals surface area contributed by atoms with Crippen molar-refractivity contribution in [2.75, 3.05) is 13.1 Å². The summed E-state index contributed by atoms with van der Waals surface area (Å²) in [5.74, 6) is 16.0. The summed E-state index contributed by atoms with van der Waals surface area (Å²) in [5, 5.41) is 6.98. The third kappa shape index (κ3) is 7.92. The van der Waals surface area contributed by atoms with E-state index in [4.69, 9.17) is 0 Å². The molecule has 36 heavy (non-hydrogen) atoms. The molecule has 5 rings (SSSR count). The molecule has 4 N–H and O–H groups in total. The molecular formula is C26H32Cl4N6. The second-order valence-electron chi connectivity index (χ2n) is 9.02. The molecule has 2 aromatic heterocycles. The highest BCUT2D eigenvalue weighted by Gasteiger charge is 2.25. The summed E-state index contributed by atoms with van der Waals surface area (Å²) in [6.45, 7) is 6.59. The number of benzene rings is 1. The standard InChI is InChI=1S/C26H28N6.4ClH/c1-17-11-23(27-13-17)25-29-15-21(31-25)9-7-19-3-5-20(6-4-19)8-10-22-16-30-26(32-22)24-12-18(2)14-28-24;;;;/h3-6,15-18,23-24,27-28H,11-14H2,1-2H3,(H,29,31)(H,30,32);4*1H/t17-,18-,23-,24-;;;;/m0..../s1. The lowest BCUT2D eigenvalue weighted by atomic mass is 10.1. The average Bonchev–Trinajstić information content (AvgIpc) is 3.59. The molecule has 0 amide bonds. The number of aromatic nitrogens is 4. The van der Waals surface area contributed by atoms with Crippen LogP contribution in [0.25, 0.3) is 0 Å². The predicted octanol–water partition coefficient (Wildman–Crippen LogP) is 4.96.